The molecule has 0 saturated carbocycles. The molecule has 0 amide bonds. The summed E-state index contributed by atoms with van der Waals surface area (Å²) in [6.07, 6.45) is 0. The third-order valence-corrected chi connectivity index (χ3v) is 2.98. The molecule has 5 heteroatoms. The van der Waals surface area contributed by atoms with Gasteiger partial charge < -0.3 is 20.2 Å². The first-order valence-electron chi connectivity index (χ1n) is 5.45. The number of rotatable bonds is 3. The fraction of sp³-hybridized carbons (Fsp3) is 0.417. The Kier molecular flexibility index (Phi) is 2.71. The quantitative estimate of drug-likeness (QED) is 0.791. The van der Waals surface area contributed by atoms with E-state index in [2.05, 4.69) is 4.98 Å². The lowest BCUT2D eigenvalue weighted by molar-refractivity contribution is 0.212. The Labute approximate surface area is 99.8 Å². The molecule has 2 rings (SSSR count). The largest absolute Gasteiger partial charge is 0.423 e. The number of benzene rings is 1. The van der Waals surface area contributed by atoms with Crippen molar-refractivity contribution in [1.82, 2.24) is 4.98 Å². The maximum Gasteiger partial charge on any atom is 0.298 e. The average Bonchev–Trinajstić information content (AvgIpc) is 2.70. The number of nitrogens with two attached hydrogens (primary N) is 1. The van der Waals surface area contributed by atoms with E-state index in [0.29, 0.717) is 17.3 Å². The van der Waals surface area contributed by atoms with Crippen LogP contribution in [0.15, 0.2) is 22.6 Å². The zero-order valence-electron chi connectivity index (χ0n) is 10.3. The Balaban J connectivity index is 2.43. The maximum atomic E-state index is 9.31. The van der Waals surface area contributed by atoms with Crippen LogP contribution in [0.25, 0.3) is 11.1 Å². The Morgan fingerprint density at radius 1 is 1.47 bits per heavy atom. The van der Waals surface area contributed by atoms with Crippen LogP contribution in [0, 0.1) is 0 Å². The first kappa shape index (κ1) is 11.7. The average molecular weight is 235 g/mol. The molecule has 5 nitrogen and oxygen atoms in total. The summed E-state index contributed by atoms with van der Waals surface area (Å²) in [5, 5.41) is 9.31. The number of aromatic nitrogens is 1. The van der Waals surface area contributed by atoms with Gasteiger partial charge in [-0.2, -0.15) is 4.98 Å². The van der Waals surface area contributed by atoms with Crippen LogP contribution in [0.2, 0.25) is 0 Å². The van der Waals surface area contributed by atoms with E-state index in [1.54, 1.807) is 18.2 Å². The number of nitrogen functional groups attached to an aromatic ring is 1. The molecule has 17 heavy (non-hydrogen) atoms. The summed E-state index contributed by atoms with van der Waals surface area (Å²) in [6.45, 7) is 3.84. The number of oxazole rings is 1. The highest BCUT2D eigenvalue weighted by Crippen LogP contribution is 2.26. The van der Waals surface area contributed by atoms with Crippen molar-refractivity contribution in [3.8, 4) is 0 Å². The summed E-state index contributed by atoms with van der Waals surface area (Å²) in [7, 11) is 1.84. The van der Waals surface area contributed by atoms with Crippen molar-refractivity contribution in [2.24, 2.45) is 0 Å². The van der Waals surface area contributed by atoms with Gasteiger partial charge in [0.05, 0.1) is 12.1 Å². The molecule has 3 N–H and O–H groups in total. The predicted octanol–water partition coefficient (Wildman–Crippen LogP) is 1.62. The molecule has 0 aliphatic carbocycles. The van der Waals surface area contributed by atoms with Crippen LogP contribution in [0.1, 0.15) is 13.8 Å². The van der Waals surface area contributed by atoms with Crippen molar-refractivity contribution in [2.75, 3.05) is 24.3 Å². The molecule has 0 bridgehead atoms. The molecule has 2 aromatic rings. The zero-order valence-corrected chi connectivity index (χ0v) is 10.3. The summed E-state index contributed by atoms with van der Waals surface area (Å²) in [5.41, 5.74) is 7.33. The first-order chi connectivity index (χ1) is 7.94. The predicted molar refractivity (Wildman–Crippen MR) is 68.0 cm³/mol. The van der Waals surface area contributed by atoms with Crippen molar-refractivity contribution in [2.45, 2.75) is 19.4 Å². The summed E-state index contributed by atoms with van der Waals surface area (Å²) >= 11 is 0. The molecule has 1 heterocycles. The lowest BCUT2D eigenvalue weighted by Gasteiger charge is -2.32. The van der Waals surface area contributed by atoms with Crippen LogP contribution < -0.4 is 10.6 Å². The monoisotopic (exact) mass is 235 g/mol. The number of aliphatic hydroxyl groups is 1. The lowest BCUT2D eigenvalue weighted by Crippen LogP contribution is -2.44. The van der Waals surface area contributed by atoms with E-state index in [0.717, 1.165) is 5.52 Å². The molecule has 92 valence electrons. The van der Waals surface area contributed by atoms with Crippen molar-refractivity contribution in [3.63, 3.8) is 0 Å². The zero-order chi connectivity index (χ0) is 12.6. The van der Waals surface area contributed by atoms with Gasteiger partial charge in [-0.05, 0) is 32.0 Å². The molecule has 0 aliphatic heterocycles. The summed E-state index contributed by atoms with van der Waals surface area (Å²) in [4.78, 5) is 6.16. The van der Waals surface area contributed by atoms with Gasteiger partial charge in [-0.25, -0.2) is 0 Å². The van der Waals surface area contributed by atoms with E-state index in [9.17, 15) is 5.11 Å². The summed E-state index contributed by atoms with van der Waals surface area (Å²) in [5.74, 6) is 0. The van der Waals surface area contributed by atoms with Crippen LogP contribution in [-0.4, -0.2) is 29.3 Å². The second-order valence-electron chi connectivity index (χ2n) is 4.75. The molecule has 0 radical (unpaired) electrons. The number of anilines is 2. The smallest absolute Gasteiger partial charge is 0.298 e. The van der Waals surface area contributed by atoms with Gasteiger partial charge in [0.15, 0.2) is 5.58 Å². The highest BCUT2D eigenvalue weighted by molar-refractivity contribution is 5.78. The first-order valence-corrected chi connectivity index (χ1v) is 5.45. The molecular formula is C12H17N3O2. The van der Waals surface area contributed by atoms with E-state index in [1.165, 1.54) is 0 Å². The number of aliphatic hydroxyl groups excluding tert-OH is 1. The SMILES string of the molecule is CN(c1nc2cc(N)ccc2o1)C(C)(C)CO. The minimum absolute atomic E-state index is 0.0182. The van der Waals surface area contributed by atoms with Gasteiger partial charge in [-0.15, -0.1) is 0 Å². The highest BCUT2D eigenvalue weighted by Gasteiger charge is 2.26. The molecule has 1 aromatic heterocycles. The lowest BCUT2D eigenvalue weighted by atomic mass is 10.1. The van der Waals surface area contributed by atoms with Crippen LogP contribution in [0.3, 0.4) is 0 Å². The summed E-state index contributed by atoms with van der Waals surface area (Å²) in [6, 6.07) is 5.81. The molecule has 0 atom stereocenters. The maximum absolute atomic E-state index is 9.31. The topological polar surface area (TPSA) is 75.5 Å². The van der Waals surface area contributed by atoms with Gasteiger partial charge >= 0.3 is 0 Å². The van der Waals surface area contributed by atoms with Gasteiger partial charge in [0.2, 0.25) is 0 Å². The fourth-order valence-electron chi connectivity index (χ4n) is 1.44. The summed E-state index contributed by atoms with van der Waals surface area (Å²) < 4.78 is 5.62. The third kappa shape index (κ3) is 2.06. The second kappa shape index (κ2) is 3.92. The molecule has 0 unspecified atom stereocenters. The Morgan fingerprint density at radius 3 is 2.82 bits per heavy atom. The highest BCUT2D eigenvalue weighted by atomic mass is 16.4. The Morgan fingerprint density at radius 2 is 2.18 bits per heavy atom. The molecular weight excluding hydrogens is 218 g/mol. The van der Waals surface area contributed by atoms with Crippen LogP contribution in [0.5, 0.6) is 0 Å². The number of hydrogen-bond donors (Lipinski definition) is 2. The van der Waals surface area contributed by atoms with Crippen molar-refractivity contribution in [1.29, 1.82) is 0 Å². The van der Waals surface area contributed by atoms with E-state index in [1.807, 2.05) is 25.8 Å². The molecule has 0 aliphatic rings. The van der Waals surface area contributed by atoms with Gasteiger partial charge in [-0.1, -0.05) is 0 Å². The molecule has 0 fully saturated rings. The Bertz CT molecular complexity index is 534. The van der Waals surface area contributed by atoms with Crippen molar-refractivity contribution < 1.29 is 9.52 Å². The normalized spacial score (nSPS) is 12.0. The van der Waals surface area contributed by atoms with Crippen molar-refractivity contribution >= 4 is 22.8 Å². The molecule has 0 saturated heterocycles. The third-order valence-electron chi connectivity index (χ3n) is 2.98. The van der Waals surface area contributed by atoms with Gasteiger partial charge in [0.25, 0.3) is 6.01 Å². The van der Waals surface area contributed by atoms with Gasteiger partial charge in [0, 0.05) is 12.7 Å². The minimum atomic E-state index is -0.424. The number of hydrogen-bond acceptors (Lipinski definition) is 5. The molecule has 1 aromatic carbocycles. The number of fused-ring (bicyclic) bond motifs is 1. The standard InChI is InChI=1S/C12H17N3O2/c1-12(2,7-16)15(3)11-14-9-6-8(13)4-5-10(9)17-11/h4-6,16H,7,13H2,1-3H3. The Hall–Kier alpha value is -1.75. The van der Waals surface area contributed by atoms with Crippen molar-refractivity contribution in [3.05, 3.63) is 18.2 Å². The fourth-order valence-corrected chi connectivity index (χ4v) is 1.44. The molecule has 0 spiro atoms. The van der Waals surface area contributed by atoms with Crippen LogP contribution in [-0.2, 0) is 0 Å². The number of likely N-dealkylation sites (N-methyl/N-ethyl adjacent to an activating group) is 1. The van der Waals surface area contributed by atoms with E-state index < -0.39 is 5.54 Å². The minimum Gasteiger partial charge on any atom is -0.423 e. The van der Waals surface area contributed by atoms with Gasteiger partial charge in [-0.3, -0.25) is 0 Å². The second-order valence-corrected chi connectivity index (χ2v) is 4.75. The van der Waals surface area contributed by atoms with Crippen LogP contribution in [0.4, 0.5) is 11.7 Å². The van der Waals surface area contributed by atoms with E-state index in [-0.39, 0.29) is 6.61 Å². The number of nitrogens with zero attached hydrogens (tertiary/aromatic N) is 2. The van der Waals surface area contributed by atoms with E-state index >= 15 is 0 Å². The van der Waals surface area contributed by atoms with Gasteiger partial charge in [0.1, 0.15) is 5.52 Å². The van der Waals surface area contributed by atoms with Crippen LogP contribution >= 0.6 is 0 Å². The van der Waals surface area contributed by atoms with E-state index in [4.69, 9.17) is 10.2 Å².